The van der Waals surface area contributed by atoms with Crippen molar-refractivity contribution in [3.8, 4) is 11.5 Å². The largest absolute Gasteiger partial charge is 0.454 e. The van der Waals surface area contributed by atoms with Gasteiger partial charge in [-0.05, 0) is 0 Å². The Labute approximate surface area is 106 Å². The van der Waals surface area contributed by atoms with Gasteiger partial charge in [-0.25, -0.2) is 4.98 Å². The van der Waals surface area contributed by atoms with Crippen LogP contribution in [-0.4, -0.2) is 27.9 Å². The van der Waals surface area contributed by atoms with Crippen LogP contribution in [0.5, 0.6) is 11.5 Å². The third kappa shape index (κ3) is 1.84. The lowest BCUT2D eigenvalue weighted by Crippen LogP contribution is -2.14. The smallest absolute Gasteiger partial charge is 0.293 e. The minimum absolute atomic E-state index is 0.101. The number of aromatic amines is 1. The normalized spacial score (nSPS) is 12.5. The monoisotopic (exact) mass is 266 g/mol. The third-order valence-electron chi connectivity index (χ3n) is 2.34. The molecule has 8 heteroatoms. The lowest BCUT2D eigenvalue weighted by Gasteiger charge is -2.06. The maximum absolute atomic E-state index is 11.8. The predicted molar refractivity (Wildman–Crippen MR) is 61.9 cm³/mol. The van der Waals surface area contributed by atoms with Crippen molar-refractivity contribution < 1.29 is 14.3 Å². The molecule has 1 aliphatic heterocycles. The standard InChI is InChI=1S/C10H7ClN4O3/c11-5-1-7-8(18-4-17-7)2-6(5)14-10(16)9-12-3-13-15-9/h1-3H,4H2,(H,14,16)(H,12,13,15). The Morgan fingerprint density at radius 2 is 2.17 bits per heavy atom. The van der Waals surface area contributed by atoms with Gasteiger partial charge in [0.2, 0.25) is 12.6 Å². The van der Waals surface area contributed by atoms with Crippen molar-refractivity contribution in [2.75, 3.05) is 12.1 Å². The highest BCUT2D eigenvalue weighted by Crippen LogP contribution is 2.39. The van der Waals surface area contributed by atoms with E-state index in [4.69, 9.17) is 21.1 Å². The van der Waals surface area contributed by atoms with Crippen LogP contribution in [0.3, 0.4) is 0 Å². The molecule has 0 radical (unpaired) electrons. The number of benzene rings is 1. The summed E-state index contributed by atoms with van der Waals surface area (Å²) in [5, 5.41) is 9.00. The summed E-state index contributed by atoms with van der Waals surface area (Å²) >= 11 is 6.02. The van der Waals surface area contributed by atoms with Gasteiger partial charge in [0.25, 0.3) is 5.91 Å². The van der Waals surface area contributed by atoms with Crippen molar-refractivity contribution >= 4 is 23.2 Å². The van der Waals surface area contributed by atoms with E-state index in [9.17, 15) is 4.79 Å². The van der Waals surface area contributed by atoms with Gasteiger partial charge >= 0.3 is 0 Å². The van der Waals surface area contributed by atoms with Gasteiger partial charge in [-0.1, -0.05) is 11.6 Å². The number of H-pyrrole nitrogens is 1. The first-order chi connectivity index (χ1) is 8.74. The Kier molecular flexibility index (Phi) is 2.52. The number of hydrogen-bond acceptors (Lipinski definition) is 5. The molecule has 0 saturated heterocycles. The number of fused-ring (bicyclic) bond motifs is 1. The molecule has 2 N–H and O–H groups in total. The number of carbonyl (C=O) groups excluding carboxylic acids is 1. The molecule has 0 aliphatic carbocycles. The van der Waals surface area contributed by atoms with E-state index >= 15 is 0 Å². The van der Waals surface area contributed by atoms with Crippen molar-refractivity contribution in [3.63, 3.8) is 0 Å². The summed E-state index contributed by atoms with van der Waals surface area (Å²) in [5.41, 5.74) is 0.419. The van der Waals surface area contributed by atoms with Gasteiger partial charge in [0.1, 0.15) is 6.33 Å². The average Bonchev–Trinajstić information content (AvgIpc) is 2.98. The highest BCUT2D eigenvalue weighted by molar-refractivity contribution is 6.34. The molecule has 0 spiro atoms. The van der Waals surface area contributed by atoms with E-state index in [1.807, 2.05) is 0 Å². The number of nitrogens with zero attached hydrogens (tertiary/aromatic N) is 2. The van der Waals surface area contributed by atoms with E-state index in [0.717, 1.165) is 0 Å². The second-order valence-corrected chi connectivity index (χ2v) is 3.88. The van der Waals surface area contributed by atoms with Crippen molar-refractivity contribution in [1.82, 2.24) is 15.2 Å². The molecule has 0 bridgehead atoms. The third-order valence-corrected chi connectivity index (χ3v) is 2.65. The lowest BCUT2D eigenvalue weighted by molar-refractivity contribution is 0.101. The summed E-state index contributed by atoms with van der Waals surface area (Å²) in [6.07, 6.45) is 1.25. The van der Waals surface area contributed by atoms with Crippen LogP contribution < -0.4 is 14.8 Å². The first-order valence-electron chi connectivity index (χ1n) is 5.00. The Bertz CT molecular complexity index is 599. The van der Waals surface area contributed by atoms with Crippen molar-refractivity contribution in [2.24, 2.45) is 0 Å². The van der Waals surface area contributed by atoms with Crippen LogP contribution in [0.15, 0.2) is 18.5 Å². The van der Waals surface area contributed by atoms with Gasteiger partial charge in [-0.15, -0.1) is 0 Å². The minimum atomic E-state index is -0.437. The number of ether oxygens (including phenoxy) is 2. The number of carbonyl (C=O) groups is 1. The predicted octanol–water partition coefficient (Wildman–Crippen LogP) is 1.44. The SMILES string of the molecule is O=C(Nc1cc2c(cc1Cl)OCO2)c1ncn[nH]1. The Morgan fingerprint density at radius 3 is 2.89 bits per heavy atom. The number of nitrogens with one attached hydrogen (secondary N) is 2. The fraction of sp³-hybridized carbons (Fsp3) is 0.100. The Balaban J connectivity index is 1.87. The van der Waals surface area contributed by atoms with Crippen LogP contribution in [0.2, 0.25) is 5.02 Å². The molecule has 0 fully saturated rings. The molecule has 92 valence electrons. The Hall–Kier alpha value is -2.28. The minimum Gasteiger partial charge on any atom is -0.454 e. The number of rotatable bonds is 2. The number of halogens is 1. The fourth-order valence-electron chi connectivity index (χ4n) is 1.51. The maximum Gasteiger partial charge on any atom is 0.293 e. The fourth-order valence-corrected chi connectivity index (χ4v) is 1.71. The number of hydrogen-bond donors (Lipinski definition) is 2. The van der Waals surface area contributed by atoms with E-state index < -0.39 is 5.91 Å². The number of aromatic nitrogens is 3. The molecule has 1 aromatic carbocycles. The van der Waals surface area contributed by atoms with Crippen molar-refractivity contribution in [1.29, 1.82) is 0 Å². The Morgan fingerprint density at radius 1 is 1.39 bits per heavy atom. The summed E-state index contributed by atoms with van der Waals surface area (Å²) in [6, 6.07) is 3.18. The molecule has 0 unspecified atom stereocenters. The number of amides is 1. The number of anilines is 1. The highest BCUT2D eigenvalue weighted by Gasteiger charge is 2.18. The second-order valence-electron chi connectivity index (χ2n) is 3.47. The summed E-state index contributed by atoms with van der Waals surface area (Å²) < 4.78 is 10.4. The zero-order valence-corrected chi connectivity index (χ0v) is 9.69. The van der Waals surface area contributed by atoms with E-state index in [-0.39, 0.29) is 12.6 Å². The summed E-state index contributed by atoms with van der Waals surface area (Å²) in [4.78, 5) is 15.5. The average molecular weight is 267 g/mol. The molecule has 1 amide bonds. The summed E-state index contributed by atoms with van der Waals surface area (Å²) in [7, 11) is 0. The van der Waals surface area contributed by atoms with Gasteiger partial charge in [-0.2, -0.15) is 5.10 Å². The maximum atomic E-state index is 11.8. The van der Waals surface area contributed by atoms with Crippen LogP contribution in [0.4, 0.5) is 5.69 Å². The molecule has 0 saturated carbocycles. The molecule has 3 rings (SSSR count). The molecule has 7 nitrogen and oxygen atoms in total. The lowest BCUT2D eigenvalue weighted by atomic mass is 10.2. The first-order valence-corrected chi connectivity index (χ1v) is 5.37. The topological polar surface area (TPSA) is 89.1 Å². The molecule has 2 heterocycles. The van der Waals surface area contributed by atoms with E-state index in [1.165, 1.54) is 6.33 Å². The quantitative estimate of drug-likeness (QED) is 0.858. The van der Waals surface area contributed by atoms with Crippen LogP contribution in [0.1, 0.15) is 10.6 Å². The second kappa shape index (κ2) is 4.19. The van der Waals surface area contributed by atoms with Crippen LogP contribution in [0, 0.1) is 0 Å². The molecular weight excluding hydrogens is 260 g/mol. The van der Waals surface area contributed by atoms with Gasteiger partial charge in [0, 0.05) is 12.1 Å². The molecule has 18 heavy (non-hydrogen) atoms. The van der Waals surface area contributed by atoms with Crippen molar-refractivity contribution in [2.45, 2.75) is 0 Å². The molecule has 0 atom stereocenters. The van der Waals surface area contributed by atoms with E-state index in [2.05, 4.69) is 20.5 Å². The van der Waals surface area contributed by atoms with E-state index in [1.54, 1.807) is 12.1 Å². The molecule has 2 aromatic rings. The van der Waals surface area contributed by atoms with Crippen LogP contribution in [0.25, 0.3) is 0 Å². The molecule has 1 aliphatic rings. The first kappa shape index (κ1) is 10.8. The van der Waals surface area contributed by atoms with Crippen LogP contribution >= 0.6 is 11.6 Å². The summed E-state index contributed by atoms with van der Waals surface area (Å²) in [6.45, 7) is 0.144. The van der Waals surface area contributed by atoms with Crippen molar-refractivity contribution in [3.05, 3.63) is 29.3 Å². The van der Waals surface area contributed by atoms with Crippen LogP contribution in [-0.2, 0) is 0 Å². The van der Waals surface area contributed by atoms with Gasteiger partial charge in [0.05, 0.1) is 10.7 Å². The van der Waals surface area contributed by atoms with Gasteiger partial charge in [-0.3, -0.25) is 9.89 Å². The van der Waals surface area contributed by atoms with E-state index in [0.29, 0.717) is 22.2 Å². The zero-order valence-electron chi connectivity index (χ0n) is 8.94. The van der Waals surface area contributed by atoms with Gasteiger partial charge in [0.15, 0.2) is 11.5 Å². The zero-order chi connectivity index (χ0) is 12.5. The molecular formula is C10H7ClN4O3. The summed E-state index contributed by atoms with van der Waals surface area (Å²) in [5.74, 6) is 0.752. The van der Waals surface area contributed by atoms with Gasteiger partial charge < -0.3 is 14.8 Å². The highest BCUT2D eigenvalue weighted by atomic mass is 35.5. The molecule has 1 aromatic heterocycles.